The Hall–Kier alpha value is -4.09. The zero-order valence-corrected chi connectivity index (χ0v) is 23.4. The number of carbonyl (C=O) groups is 4. The molecular weight excluding hydrogens is 540 g/mol. The number of amides is 1. The fourth-order valence-corrected chi connectivity index (χ4v) is 5.98. The van der Waals surface area contributed by atoms with Gasteiger partial charge in [-0.2, -0.15) is 0 Å². The molecule has 0 saturated carbocycles. The lowest BCUT2D eigenvalue weighted by atomic mass is 10.1. The van der Waals surface area contributed by atoms with E-state index in [4.69, 9.17) is 14.2 Å². The van der Waals surface area contributed by atoms with Crippen LogP contribution in [-0.4, -0.2) is 48.6 Å². The van der Waals surface area contributed by atoms with Gasteiger partial charge < -0.3 is 19.5 Å². The van der Waals surface area contributed by atoms with Crippen molar-refractivity contribution in [3.05, 3.63) is 70.1 Å². The number of para-hydroxylation sites is 1. The van der Waals surface area contributed by atoms with Gasteiger partial charge in [-0.05, 0) is 44.0 Å². The highest BCUT2D eigenvalue weighted by atomic mass is 32.1. The van der Waals surface area contributed by atoms with Gasteiger partial charge in [0.15, 0.2) is 6.10 Å². The maximum atomic E-state index is 13.3. The van der Waals surface area contributed by atoms with E-state index in [1.807, 2.05) is 24.3 Å². The summed E-state index contributed by atoms with van der Waals surface area (Å²) < 4.78 is 16.5. The molecule has 1 amide bonds. The van der Waals surface area contributed by atoms with Gasteiger partial charge in [-0.15, -0.1) is 22.7 Å². The fourth-order valence-electron chi connectivity index (χ4n) is 3.88. The molecule has 1 unspecified atom stereocenters. The number of ether oxygens (including phenoxy) is 3. The van der Waals surface area contributed by atoms with Gasteiger partial charge in [-0.1, -0.05) is 37.3 Å². The number of rotatable bonds is 9. The number of esters is 3. The van der Waals surface area contributed by atoms with Crippen molar-refractivity contribution in [3.8, 4) is 10.6 Å². The number of anilines is 1. The molecule has 0 aliphatic rings. The molecule has 0 aliphatic heterocycles. The smallest absolute Gasteiger partial charge is 0.348 e. The van der Waals surface area contributed by atoms with Crippen molar-refractivity contribution in [2.24, 2.45) is 0 Å². The SMILES string of the molecule is CCOC(=O)c1sc(NC(=O)C(CC)OC(=O)c2ccccc2-c2nc3ccccc3s2)c(C(=O)OC)c1C. The Morgan fingerprint density at radius 1 is 0.949 bits per heavy atom. The van der Waals surface area contributed by atoms with Crippen LogP contribution in [0.15, 0.2) is 48.5 Å². The maximum absolute atomic E-state index is 13.3. The number of hydrogen-bond acceptors (Lipinski definition) is 10. The van der Waals surface area contributed by atoms with Crippen molar-refractivity contribution in [1.29, 1.82) is 0 Å². The molecular formula is C28H26N2O7S2. The number of fused-ring (bicyclic) bond motifs is 1. The Balaban J connectivity index is 1.58. The summed E-state index contributed by atoms with van der Waals surface area (Å²) in [6, 6.07) is 14.6. The number of nitrogens with one attached hydrogen (secondary N) is 1. The highest BCUT2D eigenvalue weighted by Crippen LogP contribution is 2.35. The van der Waals surface area contributed by atoms with Crippen LogP contribution < -0.4 is 5.32 Å². The average molecular weight is 567 g/mol. The molecule has 1 N–H and O–H groups in total. The van der Waals surface area contributed by atoms with Crippen LogP contribution in [0, 0.1) is 6.92 Å². The Kier molecular flexibility index (Phi) is 8.72. The van der Waals surface area contributed by atoms with Gasteiger partial charge in [-0.3, -0.25) is 4.79 Å². The summed E-state index contributed by atoms with van der Waals surface area (Å²) in [5.41, 5.74) is 2.06. The first-order chi connectivity index (χ1) is 18.8. The largest absolute Gasteiger partial charge is 0.465 e. The average Bonchev–Trinajstić information content (AvgIpc) is 3.52. The van der Waals surface area contributed by atoms with Crippen molar-refractivity contribution in [2.75, 3.05) is 19.0 Å². The molecule has 4 aromatic rings. The van der Waals surface area contributed by atoms with Crippen molar-refractivity contribution >= 4 is 61.7 Å². The highest BCUT2D eigenvalue weighted by molar-refractivity contribution is 7.21. The molecule has 0 spiro atoms. The maximum Gasteiger partial charge on any atom is 0.348 e. The van der Waals surface area contributed by atoms with E-state index in [9.17, 15) is 19.2 Å². The number of thiazole rings is 1. The number of benzene rings is 2. The van der Waals surface area contributed by atoms with E-state index >= 15 is 0 Å². The van der Waals surface area contributed by atoms with Crippen LogP contribution in [0.25, 0.3) is 20.8 Å². The van der Waals surface area contributed by atoms with E-state index in [1.165, 1.54) is 18.4 Å². The first-order valence-corrected chi connectivity index (χ1v) is 13.8. The van der Waals surface area contributed by atoms with Crippen LogP contribution in [0.2, 0.25) is 0 Å². The van der Waals surface area contributed by atoms with Crippen LogP contribution in [-0.2, 0) is 19.0 Å². The van der Waals surface area contributed by atoms with Gasteiger partial charge >= 0.3 is 17.9 Å². The van der Waals surface area contributed by atoms with E-state index in [0.717, 1.165) is 21.6 Å². The minimum absolute atomic E-state index is 0.0428. The predicted octanol–water partition coefficient (Wildman–Crippen LogP) is 5.87. The molecule has 0 radical (unpaired) electrons. The Bertz CT molecular complexity index is 1520. The minimum atomic E-state index is -1.17. The van der Waals surface area contributed by atoms with Crippen molar-refractivity contribution in [3.63, 3.8) is 0 Å². The lowest BCUT2D eigenvalue weighted by molar-refractivity contribution is -0.124. The van der Waals surface area contributed by atoms with Crippen LogP contribution in [0.3, 0.4) is 0 Å². The summed E-state index contributed by atoms with van der Waals surface area (Å²) in [7, 11) is 1.20. The van der Waals surface area contributed by atoms with Crippen molar-refractivity contribution in [2.45, 2.75) is 33.3 Å². The third-order valence-corrected chi connectivity index (χ3v) is 8.07. The molecule has 0 aliphatic carbocycles. The lowest BCUT2D eigenvalue weighted by Gasteiger charge is -2.17. The minimum Gasteiger partial charge on any atom is -0.465 e. The van der Waals surface area contributed by atoms with Gasteiger partial charge in [-0.25, -0.2) is 19.4 Å². The summed E-state index contributed by atoms with van der Waals surface area (Å²) in [5.74, 6) is -2.67. The monoisotopic (exact) mass is 566 g/mol. The Morgan fingerprint density at radius 3 is 2.36 bits per heavy atom. The fraction of sp³-hybridized carbons (Fsp3) is 0.250. The quantitative estimate of drug-likeness (QED) is 0.197. The van der Waals surface area contributed by atoms with Crippen LogP contribution >= 0.6 is 22.7 Å². The summed E-state index contributed by atoms with van der Waals surface area (Å²) >= 11 is 2.35. The summed E-state index contributed by atoms with van der Waals surface area (Å²) in [5, 5.41) is 3.40. The molecule has 0 fully saturated rings. The zero-order chi connectivity index (χ0) is 28.1. The molecule has 0 saturated heterocycles. The first-order valence-electron chi connectivity index (χ1n) is 12.1. The molecule has 4 rings (SSSR count). The van der Waals surface area contributed by atoms with Gasteiger partial charge in [0.25, 0.3) is 5.91 Å². The van der Waals surface area contributed by atoms with Gasteiger partial charge in [0.05, 0.1) is 35.1 Å². The molecule has 2 aromatic heterocycles. The summed E-state index contributed by atoms with van der Waals surface area (Å²) in [6.45, 7) is 5.08. The molecule has 0 bridgehead atoms. The third kappa shape index (κ3) is 5.84. The predicted molar refractivity (Wildman–Crippen MR) is 150 cm³/mol. The van der Waals surface area contributed by atoms with E-state index in [1.54, 1.807) is 45.0 Å². The molecule has 1 atom stereocenters. The van der Waals surface area contributed by atoms with Crippen LogP contribution in [0.1, 0.15) is 56.2 Å². The van der Waals surface area contributed by atoms with E-state index in [-0.39, 0.29) is 34.0 Å². The number of carbonyl (C=O) groups excluding carboxylic acids is 4. The normalized spacial score (nSPS) is 11.6. The van der Waals surface area contributed by atoms with Gasteiger partial charge in [0.2, 0.25) is 0 Å². The molecule has 9 nitrogen and oxygen atoms in total. The standard InChI is InChI=1S/C28H26N2O7S2/c1-5-19(23(31)30-25-21(27(33)35-4)15(3)22(39-25)28(34)36-6-2)37-26(32)17-12-8-7-11-16(17)24-29-18-13-9-10-14-20(18)38-24/h7-14,19H,5-6H2,1-4H3,(H,30,31). The number of methoxy groups -OCH3 is 1. The summed E-state index contributed by atoms with van der Waals surface area (Å²) in [4.78, 5) is 56.1. The summed E-state index contributed by atoms with van der Waals surface area (Å²) in [6.07, 6.45) is -0.997. The van der Waals surface area contributed by atoms with Crippen molar-refractivity contribution < 1.29 is 33.4 Å². The van der Waals surface area contributed by atoms with E-state index < -0.39 is 29.9 Å². The molecule has 11 heteroatoms. The van der Waals surface area contributed by atoms with Gasteiger partial charge in [0, 0.05) is 5.56 Å². The number of aromatic nitrogens is 1. The van der Waals surface area contributed by atoms with E-state index in [0.29, 0.717) is 16.1 Å². The number of nitrogens with zero attached hydrogens (tertiary/aromatic N) is 1. The topological polar surface area (TPSA) is 121 Å². The lowest BCUT2D eigenvalue weighted by Crippen LogP contribution is -2.32. The Labute approximate surface area is 232 Å². The molecule has 2 heterocycles. The zero-order valence-electron chi connectivity index (χ0n) is 21.7. The Morgan fingerprint density at radius 2 is 1.67 bits per heavy atom. The van der Waals surface area contributed by atoms with Crippen LogP contribution in [0.4, 0.5) is 5.00 Å². The van der Waals surface area contributed by atoms with Crippen molar-refractivity contribution in [1.82, 2.24) is 4.98 Å². The highest BCUT2D eigenvalue weighted by Gasteiger charge is 2.30. The van der Waals surface area contributed by atoms with E-state index in [2.05, 4.69) is 10.3 Å². The second kappa shape index (κ2) is 12.2. The van der Waals surface area contributed by atoms with Gasteiger partial charge in [0.1, 0.15) is 14.9 Å². The van der Waals surface area contributed by atoms with Crippen LogP contribution in [0.5, 0.6) is 0 Å². The third-order valence-electron chi connectivity index (χ3n) is 5.82. The molecule has 202 valence electrons. The number of thiophene rings is 1. The molecule has 2 aromatic carbocycles. The second-order valence-corrected chi connectivity index (χ2v) is 10.3. The second-order valence-electron chi connectivity index (χ2n) is 8.30. The first kappa shape index (κ1) is 27.9. The molecule has 39 heavy (non-hydrogen) atoms. The number of hydrogen-bond donors (Lipinski definition) is 1.